The van der Waals surface area contributed by atoms with Crippen LogP contribution in [0.2, 0.25) is 10.0 Å². The molecule has 1 aromatic carbocycles. The Morgan fingerprint density at radius 2 is 1.95 bits per heavy atom. The first-order valence-corrected chi connectivity index (χ1v) is 7.07. The van der Waals surface area contributed by atoms with Gasteiger partial charge in [0.05, 0.1) is 15.6 Å². The lowest BCUT2D eigenvalue weighted by Gasteiger charge is -2.11. The van der Waals surface area contributed by atoms with Crippen molar-refractivity contribution < 1.29 is 4.74 Å². The van der Waals surface area contributed by atoms with Gasteiger partial charge in [-0.25, -0.2) is 4.98 Å². The molecule has 1 heterocycles. The van der Waals surface area contributed by atoms with Gasteiger partial charge in [-0.1, -0.05) is 23.2 Å². The van der Waals surface area contributed by atoms with Crippen molar-refractivity contribution in [3.05, 3.63) is 39.6 Å². The summed E-state index contributed by atoms with van der Waals surface area (Å²) in [7, 11) is 0. The molecule has 4 nitrogen and oxygen atoms in total. The van der Waals surface area contributed by atoms with Gasteiger partial charge in [0, 0.05) is 12.0 Å². The van der Waals surface area contributed by atoms with E-state index in [1.54, 1.807) is 18.2 Å². The van der Waals surface area contributed by atoms with Gasteiger partial charge in [0.25, 0.3) is 0 Å². The zero-order valence-corrected chi connectivity index (χ0v) is 12.4. The predicted molar refractivity (Wildman–Crippen MR) is 79.7 cm³/mol. The maximum atomic E-state index is 5.97. The van der Waals surface area contributed by atoms with Gasteiger partial charge in [0.2, 0.25) is 5.88 Å². The van der Waals surface area contributed by atoms with Crippen molar-refractivity contribution in [2.45, 2.75) is 25.7 Å². The molecule has 0 aliphatic heterocycles. The fourth-order valence-corrected chi connectivity index (χ4v) is 2.09. The molecule has 0 unspecified atom stereocenters. The minimum Gasteiger partial charge on any atom is -0.438 e. The molecule has 3 rings (SSSR count). The van der Waals surface area contributed by atoms with Crippen LogP contribution in [0.1, 0.15) is 30.1 Å². The van der Waals surface area contributed by atoms with Gasteiger partial charge < -0.3 is 10.5 Å². The van der Waals surface area contributed by atoms with Gasteiger partial charge in [-0.3, -0.25) is 0 Å². The normalized spacial score (nSPS) is 14.3. The lowest BCUT2D eigenvalue weighted by Crippen LogP contribution is -2.04. The van der Waals surface area contributed by atoms with Crippen molar-refractivity contribution in [2.75, 3.05) is 5.73 Å². The zero-order chi connectivity index (χ0) is 14.3. The molecule has 0 amide bonds. The number of hydrogen-bond donors (Lipinski definition) is 1. The number of ether oxygens (including phenoxy) is 1. The molecule has 0 spiro atoms. The Morgan fingerprint density at radius 1 is 1.20 bits per heavy atom. The Morgan fingerprint density at radius 3 is 2.60 bits per heavy atom. The molecule has 1 saturated carbocycles. The summed E-state index contributed by atoms with van der Waals surface area (Å²) in [4.78, 5) is 8.76. The molecule has 6 heteroatoms. The summed E-state index contributed by atoms with van der Waals surface area (Å²) in [5.74, 6) is 2.66. The largest absolute Gasteiger partial charge is 0.438 e. The Hall–Kier alpha value is -1.52. The van der Waals surface area contributed by atoms with E-state index in [0.717, 1.165) is 24.2 Å². The summed E-state index contributed by atoms with van der Waals surface area (Å²) >= 11 is 11.9. The van der Waals surface area contributed by atoms with E-state index in [-0.39, 0.29) is 0 Å². The van der Waals surface area contributed by atoms with E-state index in [9.17, 15) is 0 Å². The highest BCUT2D eigenvalue weighted by molar-refractivity contribution is 6.42. The van der Waals surface area contributed by atoms with Crippen LogP contribution < -0.4 is 10.5 Å². The van der Waals surface area contributed by atoms with E-state index in [4.69, 9.17) is 33.7 Å². The summed E-state index contributed by atoms with van der Waals surface area (Å²) in [6, 6.07) is 5.07. The lowest BCUT2D eigenvalue weighted by atomic mass is 10.3. The molecule has 0 bridgehead atoms. The highest BCUT2D eigenvalue weighted by Gasteiger charge is 2.28. The number of nitrogens with zero attached hydrogens (tertiary/aromatic N) is 2. The van der Waals surface area contributed by atoms with Crippen LogP contribution in [0.4, 0.5) is 5.82 Å². The van der Waals surface area contributed by atoms with Crippen molar-refractivity contribution in [1.29, 1.82) is 0 Å². The number of rotatable bonds is 3. The predicted octanol–water partition coefficient (Wildman–Crippen LogP) is 4.34. The van der Waals surface area contributed by atoms with E-state index in [1.807, 2.05) is 6.92 Å². The fraction of sp³-hybridized carbons (Fsp3) is 0.286. The molecule has 1 aromatic heterocycles. The average Bonchev–Trinajstić information content (AvgIpc) is 3.23. The van der Waals surface area contributed by atoms with E-state index in [0.29, 0.717) is 33.4 Å². The van der Waals surface area contributed by atoms with Crippen molar-refractivity contribution in [3.63, 3.8) is 0 Å². The molecule has 0 atom stereocenters. The first-order chi connectivity index (χ1) is 9.54. The molecular weight excluding hydrogens is 297 g/mol. The first kappa shape index (κ1) is 13.5. The highest BCUT2D eigenvalue weighted by Crippen LogP contribution is 2.40. The standard InChI is InChI=1S/C14H13Cl2N3O/c1-7-12(17)18-13(8-2-3-8)19-14(7)20-9-4-5-10(15)11(16)6-9/h4-6,8H,2-3H2,1H3,(H2,17,18,19). The second-order valence-corrected chi connectivity index (χ2v) is 5.66. The van der Waals surface area contributed by atoms with Crippen molar-refractivity contribution in [1.82, 2.24) is 9.97 Å². The van der Waals surface area contributed by atoms with E-state index in [1.165, 1.54) is 0 Å². The van der Waals surface area contributed by atoms with Crippen LogP contribution in [0.5, 0.6) is 11.6 Å². The van der Waals surface area contributed by atoms with E-state index < -0.39 is 0 Å². The van der Waals surface area contributed by atoms with Gasteiger partial charge in [-0.15, -0.1) is 0 Å². The maximum Gasteiger partial charge on any atom is 0.227 e. The van der Waals surface area contributed by atoms with Gasteiger partial charge in [-0.05, 0) is 31.9 Å². The fourth-order valence-electron chi connectivity index (χ4n) is 1.81. The summed E-state index contributed by atoms with van der Waals surface area (Å²) in [6.07, 6.45) is 2.21. The number of nitrogens with two attached hydrogens (primary N) is 1. The maximum absolute atomic E-state index is 5.97. The number of anilines is 1. The molecule has 104 valence electrons. The molecule has 1 aliphatic carbocycles. The van der Waals surface area contributed by atoms with Crippen LogP contribution >= 0.6 is 23.2 Å². The number of aromatic nitrogens is 2. The second kappa shape index (κ2) is 5.11. The van der Waals surface area contributed by atoms with E-state index >= 15 is 0 Å². The molecule has 0 radical (unpaired) electrons. The summed E-state index contributed by atoms with van der Waals surface area (Å²) in [6.45, 7) is 1.83. The van der Waals surface area contributed by atoms with Crippen molar-refractivity contribution in [2.24, 2.45) is 0 Å². The number of hydrogen-bond acceptors (Lipinski definition) is 4. The topological polar surface area (TPSA) is 61.0 Å². The van der Waals surface area contributed by atoms with Crippen LogP contribution in [0.25, 0.3) is 0 Å². The number of nitrogen functional groups attached to an aromatic ring is 1. The Bertz CT molecular complexity index is 672. The Kier molecular flexibility index (Phi) is 3.44. The molecule has 2 aromatic rings. The molecule has 20 heavy (non-hydrogen) atoms. The molecular formula is C14H13Cl2N3O. The molecule has 1 fully saturated rings. The summed E-state index contributed by atoms with van der Waals surface area (Å²) in [5, 5.41) is 0.919. The van der Waals surface area contributed by atoms with Gasteiger partial charge >= 0.3 is 0 Å². The Balaban J connectivity index is 1.94. The SMILES string of the molecule is Cc1c(N)nc(C2CC2)nc1Oc1ccc(Cl)c(Cl)c1. The Labute approximate surface area is 126 Å². The van der Waals surface area contributed by atoms with Crippen LogP contribution in [-0.2, 0) is 0 Å². The average molecular weight is 310 g/mol. The minimum atomic E-state index is 0.411. The minimum absolute atomic E-state index is 0.411. The van der Waals surface area contributed by atoms with Gasteiger partial charge in [0.1, 0.15) is 17.4 Å². The van der Waals surface area contributed by atoms with Crippen LogP contribution in [0.15, 0.2) is 18.2 Å². The second-order valence-electron chi connectivity index (χ2n) is 4.85. The van der Waals surface area contributed by atoms with Crippen LogP contribution in [0, 0.1) is 6.92 Å². The molecule has 0 saturated heterocycles. The van der Waals surface area contributed by atoms with Crippen LogP contribution in [0.3, 0.4) is 0 Å². The van der Waals surface area contributed by atoms with Gasteiger partial charge in [0.15, 0.2) is 0 Å². The molecule has 1 aliphatic rings. The van der Waals surface area contributed by atoms with E-state index in [2.05, 4.69) is 9.97 Å². The third-order valence-corrected chi connectivity index (χ3v) is 3.94. The highest BCUT2D eigenvalue weighted by atomic mass is 35.5. The summed E-state index contributed by atoms with van der Waals surface area (Å²) < 4.78 is 5.77. The monoisotopic (exact) mass is 309 g/mol. The third kappa shape index (κ3) is 2.67. The quantitative estimate of drug-likeness (QED) is 0.916. The van der Waals surface area contributed by atoms with Crippen LogP contribution in [-0.4, -0.2) is 9.97 Å². The third-order valence-electron chi connectivity index (χ3n) is 3.20. The van der Waals surface area contributed by atoms with Gasteiger partial charge in [-0.2, -0.15) is 4.98 Å². The number of halogens is 2. The first-order valence-electron chi connectivity index (χ1n) is 6.31. The van der Waals surface area contributed by atoms with Crippen molar-refractivity contribution >= 4 is 29.0 Å². The molecule has 2 N–H and O–H groups in total. The number of benzene rings is 1. The summed E-state index contributed by atoms with van der Waals surface area (Å²) in [5.41, 5.74) is 6.64. The smallest absolute Gasteiger partial charge is 0.227 e. The van der Waals surface area contributed by atoms with Crippen molar-refractivity contribution in [3.8, 4) is 11.6 Å². The zero-order valence-electron chi connectivity index (χ0n) is 10.9. The lowest BCUT2D eigenvalue weighted by molar-refractivity contribution is 0.455.